The van der Waals surface area contributed by atoms with Crippen molar-refractivity contribution in [2.45, 2.75) is 37.6 Å². The summed E-state index contributed by atoms with van der Waals surface area (Å²) in [6, 6.07) is 10.5. The van der Waals surface area contributed by atoms with E-state index in [1.54, 1.807) is 6.26 Å². The summed E-state index contributed by atoms with van der Waals surface area (Å²) in [6.45, 7) is 0. The summed E-state index contributed by atoms with van der Waals surface area (Å²) in [5.41, 5.74) is 10.0. The van der Waals surface area contributed by atoms with Gasteiger partial charge in [-0.25, -0.2) is 0 Å². The highest BCUT2D eigenvalue weighted by Crippen LogP contribution is 2.41. The molecule has 1 atom stereocenters. The Bertz CT molecular complexity index is 672. The van der Waals surface area contributed by atoms with E-state index in [2.05, 4.69) is 18.2 Å². The monoisotopic (exact) mass is 266 g/mol. The summed E-state index contributed by atoms with van der Waals surface area (Å²) in [4.78, 5) is 4.74. The van der Waals surface area contributed by atoms with Crippen molar-refractivity contribution >= 4 is 5.84 Å². The van der Waals surface area contributed by atoms with Gasteiger partial charge in [0, 0.05) is 12.0 Å². The minimum absolute atomic E-state index is 0.0683. The zero-order valence-corrected chi connectivity index (χ0v) is 11.4. The molecule has 102 valence electrons. The molecule has 4 rings (SSSR count). The molecule has 0 radical (unpaired) electrons. The number of rotatable bonds is 1. The maximum atomic E-state index is 5.90. The Morgan fingerprint density at radius 1 is 1.10 bits per heavy atom. The van der Waals surface area contributed by atoms with E-state index in [4.69, 9.17) is 15.1 Å². The fourth-order valence-corrected chi connectivity index (χ4v) is 3.64. The van der Waals surface area contributed by atoms with Gasteiger partial charge in [-0.2, -0.15) is 0 Å². The number of hydrogen-bond donors (Lipinski definition) is 1. The van der Waals surface area contributed by atoms with Gasteiger partial charge >= 0.3 is 0 Å². The Morgan fingerprint density at radius 3 is 2.75 bits per heavy atom. The van der Waals surface area contributed by atoms with Gasteiger partial charge in [0.2, 0.25) is 0 Å². The van der Waals surface area contributed by atoms with Gasteiger partial charge in [0.05, 0.1) is 17.6 Å². The van der Waals surface area contributed by atoms with E-state index in [0.29, 0.717) is 0 Å². The SMILES string of the molecule is NC1=N[C@]2(CC1)CCc1c(cccc1-c1ccco1)C2. The molecule has 2 heterocycles. The Balaban J connectivity index is 1.76. The van der Waals surface area contributed by atoms with Crippen LogP contribution in [-0.2, 0) is 12.8 Å². The van der Waals surface area contributed by atoms with Crippen molar-refractivity contribution < 1.29 is 4.42 Å². The van der Waals surface area contributed by atoms with Gasteiger partial charge in [0.1, 0.15) is 5.76 Å². The van der Waals surface area contributed by atoms with E-state index in [0.717, 1.165) is 43.7 Å². The van der Waals surface area contributed by atoms with Crippen LogP contribution in [-0.4, -0.2) is 11.4 Å². The van der Waals surface area contributed by atoms with Gasteiger partial charge in [-0.1, -0.05) is 18.2 Å². The van der Waals surface area contributed by atoms with Crippen LogP contribution < -0.4 is 5.73 Å². The van der Waals surface area contributed by atoms with Crippen LogP contribution in [0.1, 0.15) is 30.4 Å². The first kappa shape index (κ1) is 11.8. The lowest BCUT2D eigenvalue weighted by molar-refractivity contribution is 0.374. The number of hydrogen-bond acceptors (Lipinski definition) is 3. The second-order valence-electron chi connectivity index (χ2n) is 5.92. The van der Waals surface area contributed by atoms with Gasteiger partial charge in [-0.3, -0.25) is 4.99 Å². The summed E-state index contributed by atoms with van der Waals surface area (Å²) in [7, 11) is 0. The van der Waals surface area contributed by atoms with Crippen molar-refractivity contribution in [1.82, 2.24) is 0 Å². The quantitative estimate of drug-likeness (QED) is 0.860. The van der Waals surface area contributed by atoms with E-state index < -0.39 is 0 Å². The van der Waals surface area contributed by atoms with Crippen LogP contribution in [0.25, 0.3) is 11.3 Å². The third-order valence-corrected chi connectivity index (χ3v) is 4.65. The molecule has 3 heteroatoms. The molecule has 20 heavy (non-hydrogen) atoms. The normalized spacial score (nSPS) is 24.7. The van der Waals surface area contributed by atoms with Crippen LogP contribution in [0, 0.1) is 0 Å². The van der Waals surface area contributed by atoms with Crippen LogP contribution in [0.4, 0.5) is 0 Å². The summed E-state index contributed by atoms with van der Waals surface area (Å²) < 4.78 is 5.57. The van der Waals surface area contributed by atoms with Gasteiger partial charge in [-0.15, -0.1) is 0 Å². The van der Waals surface area contributed by atoms with E-state index >= 15 is 0 Å². The topological polar surface area (TPSA) is 51.5 Å². The minimum Gasteiger partial charge on any atom is -0.464 e. The summed E-state index contributed by atoms with van der Waals surface area (Å²) in [6.07, 6.45) is 6.95. The zero-order chi connectivity index (χ0) is 13.6. The summed E-state index contributed by atoms with van der Waals surface area (Å²) >= 11 is 0. The molecule has 0 saturated heterocycles. The molecule has 0 saturated carbocycles. The van der Waals surface area contributed by atoms with E-state index in [1.165, 1.54) is 16.7 Å². The number of aliphatic imine (C=N–C) groups is 1. The molecule has 0 bridgehead atoms. The molecule has 0 fully saturated rings. The van der Waals surface area contributed by atoms with E-state index in [-0.39, 0.29) is 5.54 Å². The van der Waals surface area contributed by atoms with E-state index in [9.17, 15) is 0 Å². The highest BCUT2D eigenvalue weighted by Gasteiger charge is 2.38. The van der Waals surface area contributed by atoms with Gasteiger partial charge < -0.3 is 10.2 Å². The fourth-order valence-electron chi connectivity index (χ4n) is 3.64. The van der Waals surface area contributed by atoms with Crippen LogP contribution >= 0.6 is 0 Å². The molecule has 2 aromatic rings. The van der Waals surface area contributed by atoms with Crippen molar-refractivity contribution in [1.29, 1.82) is 0 Å². The van der Waals surface area contributed by atoms with E-state index in [1.807, 2.05) is 12.1 Å². The van der Waals surface area contributed by atoms with Crippen molar-refractivity contribution in [3.63, 3.8) is 0 Å². The standard InChI is InChI=1S/C17H18N2O/c18-16-7-9-17(19-16)8-6-13-12(11-17)3-1-4-14(13)15-5-2-10-20-15/h1-5,10H,6-9,11H2,(H2,18,19)/t17-/m0/s1. The number of fused-ring (bicyclic) bond motifs is 1. The smallest absolute Gasteiger partial charge is 0.134 e. The molecular formula is C17H18N2O. The third kappa shape index (κ3) is 1.77. The van der Waals surface area contributed by atoms with Gasteiger partial charge in [0.15, 0.2) is 0 Å². The molecule has 1 aromatic carbocycles. The number of amidine groups is 1. The Hall–Kier alpha value is -2.03. The molecule has 1 aliphatic carbocycles. The van der Waals surface area contributed by atoms with Gasteiger partial charge in [-0.05, 0) is 48.9 Å². The highest BCUT2D eigenvalue weighted by molar-refractivity contribution is 5.83. The Kier molecular flexibility index (Phi) is 2.49. The molecule has 0 amide bonds. The van der Waals surface area contributed by atoms with Crippen LogP contribution in [0.2, 0.25) is 0 Å². The van der Waals surface area contributed by atoms with Crippen LogP contribution in [0.5, 0.6) is 0 Å². The van der Waals surface area contributed by atoms with Crippen molar-refractivity contribution in [3.8, 4) is 11.3 Å². The largest absolute Gasteiger partial charge is 0.464 e. The molecule has 0 unspecified atom stereocenters. The van der Waals surface area contributed by atoms with Crippen molar-refractivity contribution in [3.05, 3.63) is 47.7 Å². The van der Waals surface area contributed by atoms with Crippen LogP contribution in [0.15, 0.2) is 46.0 Å². The second kappa shape index (κ2) is 4.23. The number of nitrogens with two attached hydrogens (primary N) is 1. The average molecular weight is 266 g/mol. The predicted molar refractivity (Wildman–Crippen MR) is 79.8 cm³/mol. The average Bonchev–Trinajstić information content (AvgIpc) is 3.09. The summed E-state index contributed by atoms with van der Waals surface area (Å²) in [5, 5.41) is 0. The summed E-state index contributed by atoms with van der Waals surface area (Å²) in [5.74, 6) is 1.79. The fraction of sp³-hybridized carbons (Fsp3) is 0.353. The predicted octanol–water partition coefficient (Wildman–Crippen LogP) is 3.33. The Morgan fingerprint density at radius 2 is 2.00 bits per heavy atom. The third-order valence-electron chi connectivity index (χ3n) is 4.65. The first-order valence-corrected chi connectivity index (χ1v) is 7.25. The zero-order valence-electron chi connectivity index (χ0n) is 11.4. The number of nitrogens with zero attached hydrogens (tertiary/aromatic N) is 1. The number of benzene rings is 1. The second-order valence-corrected chi connectivity index (χ2v) is 5.92. The molecule has 1 aromatic heterocycles. The lowest BCUT2D eigenvalue weighted by Gasteiger charge is -2.32. The molecule has 1 aliphatic heterocycles. The lowest BCUT2D eigenvalue weighted by atomic mass is 9.75. The first-order chi connectivity index (χ1) is 9.76. The van der Waals surface area contributed by atoms with Gasteiger partial charge in [0.25, 0.3) is 0 Å². The first-order valence-electron chi connectivity index (χ1n) is 7.25. The van der Waals surface area contributed by atoms with Crippen LogP contribution in [0.3, 0.4) is 0 Å². The highest BCUT2D eigenvalue weighted by atomic mass is 16.3. The molecule has 2 N–H and O–H groups in total. The molecule has 1 spiro atoms. The van der Waals surface area contributed by atoms with Crippen molar-refractivity contribution in [2.75, 3.05) is 0 Å². The van der Waals surface area contributed by atoms with Crippen molar-refractivity contribution in [2.24, 2.45) is 10.7 Å². The molecule has 2 aliphatic rings. The maximum absolute atomic E-state index is 5.90. The lowest BCUT2D eigenvalue weighted by Crippen LogP contribution is -2.32. The maximum Gasteiger partial charge on any atom is 0.134 e. The Labute approximate surface area is 118 Å². The minimum atomic E-state index is 0.0683. The molecular weight excluding hydrogens is 248 g/mol. The number of furan rings is 1. The molecule has 3 nitrogen and oxygen atoms in total.